The fourth-order valence-corrected chi connectivity index (χ4v) is 8.41. The molecule has 0 saturated heterocycles. The number of hydrogen-bond acceptors (Lipinski definition) is 0. The first-order valence-electron chi connectivity index (χ1n) is 16.6. The van der Waals surface area contributed by atoms with Crippen molar-refractivity contribution in [2.24, 2.45) is 0 Å². The molecule has 222 valence electrons. The molecule has 0 atom stereocenters. The van der Waals surface area contributed by atoms with Crippen molar-refractivity contribution in [1.29, 1.82) is 0 Å². The van der Waals surface area contributed by atoms with Gasteiger partial charge in [0.05, 0.1) is 22.1 Å². The van der Waals surface area contributed by atoms with Crippen LogP contribution in [0.15, 0.2) is 170 Å². The topological polar surface area (TPSA) is 9.86 Å². The van der Waals surface area contributed by atoms with Gasteiger partial charge in [0, 0.05) is 38.3 Å². The summed E-state index contributed by atoms with van der Waals surface area (Å²) in [6, 6.07) is 62.6. The molecular weight excluding hydrogens is 581 g/mol. The molecule has 0 fully saturated rings. The number of nitrogens with zero attached hydrogens (tertiary/aromatic N) is 2. The highest BCUT2D eigenvalue weighted by Gasteiger charge is 2.19. The molecule has 0 unspecified atom stereocenters. The Morgan fingerprint density at radius 2 is 0.750 bits per heavy atom. The molecule has 2 heteroatoms. The SMILES string of the molecule is c1cc(-n2c3ccccc3c3ccccc32)cc(-n2c3cc4c5ccccc5c5ccccc5c4cc3c3ccc4ccccc4c32)c1. The van der Waals surface area contributed by atoms with E-state index < -0.39 is 0 Å². The summed E-state index contributed by atoms with van der Waals surface area (Å²) in [6.07, 6.45) is 0. The Bertz CT molecular complexity index is 3070. The van der Waals surface area contributed by atoms with Gasteiger partial charge in [-0.3, -0.25) is 0 Å². The summed E-state index contributed by atoms with van der Waals surface area (Å²) < 4.78 is 4.92. The first kappa shape index (κ1) is 25.8. The largest absolute Gasteiger partial charge is 0.309 e. The van der Waals surface area contributed by atoms with E-state index in [4.69, 9.17) is 0 Å². The van der Waals surface area contributed by atoms with Gasteiger partial charge < -0.3 is 9.13 Å². The molecule has 0 amide bonds. The summed E-state index contributed by atoms with van der Waals surface area (Å²) in [5.74, 6) is 0. The maximum absolute atomic E-state index is 2.51. The van der Waals surface area contributed by atoms with Gasteiger partial charge in [-0.25, -0.2) is 0 Å². The summed E-state index contributed by atoms with van der Waals surface area (Å²) in [7, 11) is 0. The van der Waals surface area contributed by atoms with Crippen LogP contribution in [0.4, 0.5) is 0 Å². The maximum Gasteiger partial charge on any atom is 0.0619 e. The van der Waals surface area contributed by atoms with Gasteiger partial charge in [0.1, 0.15) is 0 Å². The summed E-state index contributed by atoms with van der Waals surface area (Å²) in [5.41, 5.74) is 7.19. The maximum atomic E-state index is 2.51. The number of fused-ring (bicyclic) bond motifs is 14. The lowest BCUT2D eigenvalue weighted by Crippen LogP contribution is -1.99. The van der Waals surface area contributed by atoms with Crippen LogP contribution in [-0.4, -0.2) is 9.13 Å². The van der Waals surface area contributed by atoms with Gasteiger partial charge in [-0.2, -0.15) is 0 Å². The van der Waals surface area contributed by atoms with Crippen LogP contribution in [-0.2, 0) is 0 Å². The molecule has 2 aromatic heterocycles. The zero-order valence-electron chi connectivity index (χ0n) is 26.1. The van der Waals surface area contributed by atoms with Crippen LogP contribution in [0, 0.1) is 0 Å². The van der Waals surface area contributed by atoms with Gasteiger partial charge in [-0.05, 0) is 80.2 Å². The normalized spacial score (nSPS) is 12.2. The average Bonchev–Trinajstić information content (AvgIpc) is 3.67. The van der Waals surface area contributed by atoms with Gasteiger partial charge >= 0.3 is 0 Å². The Morgan fingerprint density at radius 3 is 1.40 bits per heavy atom. The van der Waals surface area contributed by atoms with Crippen LogP contribution in [0.3, 0.4) is 0 Å². The molecule has 2 heterocycles. The van der Waals surface area contributed by atoms with E-state index in [9.17, 15) is 0 Å². The van der Waals surface area contributed by atoms with E-state index in [0.717, 1.165) is 11.4 Å². The second kappa shape index (κ2) is 9.57. The lowest BCUT2D eigenvalue weighted by Gasteiger charge is -2.14. The first-order valence-corrected chi connectivity index (χ1v) is 16.6. The molecule has 0 aliphatic carbocycles. The monoisotopic (exact) mass is 608 g/mol. The Balaban J connectivity index is 1.30. The van der Waals surface area contributed by atoms with Crippen molar-refractivity contribution < 1.29 is 0 Å². The van der Waals surface area contributed by atoms with Gasteiger partial charge in [-0.1, -0.05) is 127 Å². The molecule has 0 bridgehead atoms. The minimum atomic E-state index is 1.15. The van der Waals surface area contributed by atoms with E-state index in [-0.39, 0.29) is 0 Å². The highest BCUT2D eigenvalue weighted by molar-refractivity contribution is 6.30. The van der Waals surface area contributed by atoms with Crippen molar-refractivity contribution in [3.8, 4) is 11.4 Å². The number of rotatable bonds is 2. The van der Waals surface area contributed by atoms with Crippen LogP contribution in [0.1, 0.15) is 0 Å². The molecule has 48 heavy (non-hydrogen) atoms. The van der Waals surface area contributed by atoms with Gasteiger partial charge in [0.2, 0.25) is 0 Å². The smallest absolute Gasteiger partial charge is 0.0619 e. The van der Waals surface area contributed by atoms with Crippen molar-refractivity contribution >= 4 is 86.7 Å². The van der Waals surface area contributed by atoms with Gasteiger partial charge in [-0.15, -0.1) is 0 Å². The van der Waals surface area contributed by atoms with Crippen LogP contribution >= 0.6 is 0 Å². The highest BCUT2D eigenvalue weighted by Crippen LogP contribution is 2.43. The fourth-order valence-electron chi connectivity index (χ4n) is 8.41. The molecule has 0 aliphatic heterocycles. The van der Waals surface area contributed by atoms with Gasteiger partial charge in [0.25, 0.3) is 0 Å². The Hall–Kier alpha value is -6.38. The average molecular weight is 609 g/mol. The zero-order valence-corrected chi connectivity index (χ0v) is 26.1. The van der Waals surface area contributed by atoms with E-state index >= 15 is 0 Å². The molecule has 0 spiro atoms. The van der Waals surface area contributed by atoms with Crippen LogP contribution in [0.2, 0.25) is 0 Å². The number of aromatic nitrogens is 2. The lowest BCUT2D eigenvalue weighted by atomic mass is 9.93. The molecule has 2 nitrogen and oxygen atoms in total. The van der Waals surface area contributed by atoms with Crippen LogP contribution in [0.5, 0.6) is 0 Å². The molecule has 0 N–H and O–H groups in total. The third-order valence-electron chi connectivity index (χ3n) is 10.4. The summed E-state index contributed by atoms with van der Waals surface area (Å²) in [5, 5.41) is 15.3. The molecule has 0 saturated carbocycles. The minimum Gasteiger partial charge on any atom is -0.309 e. The zero-order chi connectivity index (χ0) is 31.3. The fraction of sp³-hybridized carbons (Fsp3) is 0. The number of benzene rings is 9. The second-order valence-corrected chi connectivity index (χ2v) is 12.9. The molecule has 0 aliphatic rings. The van der Waals surface area contributed by atoms with E-state index in [0.29, 0.717) is 0 Å². The Morgan fingerprint density at radius 1 is 0.250 bits per heavy atom. The number of para-hydroxylation sites is 2. The Kier molecular flexibility index (Phi) is 5.14. The third kappa shape index (κ3) is 3.41. The van der Waals surface area contributed by atoms with E-state index in [1.165, 1.54) is 86.7 Å². The summed E-state index contributed by atoms with van der Waals surface area (Å²) in [6.45, 7) is 0. The summed E-state index contributed by atoms with van der Waals surface area (Å²) in [4.78, 5) is 0. The van der Waals surface area contributed by atoms with E-state index in [1.54, 1.807) is 0 Å². The lowest BCUT2D eigenvalue weighted by molar-refractivity contribution is 1.14. The van der Waals surface area contributed by atoms with E-state index in [1.807, 2.05) is 0 Å². The van der Waals surface area contributed by atoms with Crippen molar-refractivity contribution in [1.82, 2.24) is 9.13 Å². The molecular formula is C46H28N2. The molecule has 0 radical (unpaired) electrons. The van der Waals surface area contributed by atoms with Crippen LogP contribution < -0.4 is 0 Å². The Labute approximate surface area is 276 Å². The molecule has 11 aromatic rings. The van der Waals surface area contributed by atoms with E-state index in [2.05, 4.69) is 179 Å². The summed E-state index contributed by atoms with van der Waals surface area (Å²) >= 11 is 0. The molecule has 11 rings (SSSR count). The third-order valence-corrected chi connectivity index (χ3v) is 10.4. The predicted octanol–water partition coefficient (Wildman–Crippen LogP) is 12.5. The van der Waals surface area contributed by atoms with Crippen molar-refractivity contribution in [3.05, 3.63) is 170 Å². The van der Waals surface area contributed by atoms with Gasteiger partial charge in [0.15, 0.2) is 0 Å². The number of hydrogen-bond donors (Lipinski definition) is 0. The van der Waals surface area contributed by atoms with Crippen molar-refractivity contribution in [2.75, 3.05) is 0 Å². The quantitative estimate of drug-likeness (QED) is 0.173. The van der Waals surface area contributed by atoms with Crippen LogP contribution in [0.25, 0.3) is 98.1 Å². The standard InChI is InChI=1S/C46H28N2/c1-2-15-32-29(12-1)24-25-39-42-27-40-35-18-5-3-16-33(35)34-17-4-6-19-36(34)41(40)28-45(42)48(46(32)39)31-14-11-13-30(26-31)47-43-22-9-7-20-37(43)38-21-8-10-23-44(38)47/h1-28H. The molecule has 9 aromatic carbocycles. The second-order valence-electron chi connectivity index (χ2n) is 12.9. The predicted molar refractivity (Wildman–Crippen MR) is 205 cm³/mol. The minimum absolute atomic E-state index is 1.15. The van der Waals surface area contributed by atoms with Crippen molar-refractivity contribution in [2.45, 2.75) is 0 Å². The van der Waals surface area contributed by atoms with Crippen molar-refractivity contribution in [3.63, 3.8) is 0 Å². The highest BCUT2D eigenvalue weighted by atomic mass is 15.0. The first-order chi connectivity index (χ1) is 23.8.